The minimum Gasteiger partial charge on any atom is -0.502 e. The summed E-state index contributed by atoms with van der Waals surface area (Å²) in [5.74, 6) is -1.16. The molecule has 23 heavy (non-hydrogen) atoms. The number of nitrogens with two attached hydrogens (primary N) is 2. The molecule has 0 spiro atoms. The molecule has 0 unspecified atom stereocenters. The van der Waals surface area contributed by atoms with Crippen molar-refractivity contribution in [3.8, 4) is 5.75 Å². The van der Waals surface area contributed by atoms with Gasteiger partial charge in [-0.1, -0.05) is 0 Å². The second-order valence-corrected chi connectivity index (χ2v) is 5.29. The summed E-state index contributed by atoms with van der Waals surface area (Å²) >= 11 is 0. The molecule has 7 N–H and O–H groups in total. The van der Waals surface area contributed by atoms with E-state index < -0.39 is 28.6 Å². The van der Waals surface area contributed by atoms with E-state index in [1.165, 1.54) is 0 Å². The van der Waals surface area contributed by atoms with Crippen LogP contribution in [0.15, 0.2) is 34.0 Å². The molecule has 0 radical (unpaired) electrons. The van der Waals surface area contributed by atoms with Gasteiger partial charge < -0.3 is 26.9 Å². The lowest BCUT2D eigenvalue weighted by Crippen LogP contribution is -2.38. The zero-order valence-corrected chi connectivity index (χ0v) is 11.9. The van der Waals surface area contributed by atoms with Crippen molar-refractivity contribution >= 4 is 28.2 Å². The predicted octanol–water partition coefficient (Wildman–Crippen LogP) is -0.432. The first kappa shape index (κ1) is 14.8. The molecule has 1 heterocycles. The summed E-state index contributed by atoms with van der Waals surface area (Å²) < 4.78 is 0. The van der Waals surface area contributed by atoms with E-state index in [1.807, 2.05) is 0 Å². The number of H-pyrrole nitrogens is 1. The molecule has 1 aromatic heterocycles. The topological polar surface area (TPSA) is 151 Å². The maximum absolute atomic E-state index is 11.4. The van der Waals surface area contributed by atoms with Gasteiger partial charge in [0.15, 0.2) is 5.75 Å². The molecule has 118 valence electrons. The van der Waals surface area contributed by atoms with Gasteiger partial charge in [0, 0.05) is 22.8 Å². The molecule has 0 fully saturated rings. The van der Waals surface area contributed by atoms with Gasteiger partial charge in [0.2, 0.25) is 5.91 Å². The molecule has 0 aliphatic carbocycles. The van der Waals surface area contributed by atoms with Gasteiger partial charge in [0.1, 0.15) is 5.69 Å². The molecule has 3 aromatic rings. The lowest BCUT2D eigenvalue weighted by Gasteiger charge is -2.10. The summed E-state index contributed by atoms with van der Waals surface area (Å²) in [5, 5.41) is 12.9. The number of hydrogen-bond donors (Lipinski definition) is 5. The van der Waals surface area contributed by atoms with Gasteiger partial charge >= 0.3 is 0 Å². The largest absolute Gasteiger partial charge is 0.502 e. The number of primary amides is 1. The highest BCUT2D eigenvalue weighted by atomic mass is 16.3. The number of aromatic amines is 1. The fraction of sp³-hybridized carbons (Fsp3) is 0.133. The molecule has 0 saturated heterocycles. The SMILES string of the molecule is NC(=O)[C@@H](N)Cc1c[nH]c2ccc(Nc3c(O)c(=O)c3=O)cc12. The summed E-state index contributed by atoms with van der Waals surface area (Å²) in [4.78, 5) is 36.5. The van der Waals surface area contributed by atoms with Crippen LogP contribution in [0.1, 0.15) is 5.56 Å². The van der Waals surface area contributed by atoms with E-state index in [0.717, 1.165) is 16.5 Å². The molecular formula is C15H14N4O4. The fourth-order valence-electron chi connectivity index (χ4n) is 2.40. The van der Waals surface area contributed by atoms with Crippen LogP contribution in [0.25, 0.3) is 10.9 Å². The van der Waals surface area contributed by atoms with Crippen molar-refractivity contribution in [2.45, 2.75) is 12.5 Å². The Balaban J connectivity index is 1.93. The molecule has 8 nitrogen and oxygen atoms in total. The van der Waals surface area contributed by atoms with Crippen LogP contribution in [-0.4, -0.2) is 22.0 Å². The van der Waals surface area contributed by atoms with Crippen molar-refractivity contribution in [3.05, 3.63) is 50.4 Å². The van der Waals surface area contributed by atoms with Crippen LogP contribution in [-0.2, 0) is 11.2 Å². The van der Waals surface area contributed by atoms with E-state index in [4.69, 9.17) is 11.5 Å². The van der Waals surface area contributed by atoms with Crippen molar-refractivity contribution in [3.63, 3.8) is 0 Å². The monoisotopic (exact) mass is 314 g/mol. The number of nitrogens with one attached hydrogen (secondary N) is 2. The third-order valence-electron chi connectivity index (χ3n) is 3.73. The van der Waals surface area contributed by atoms with Crippen molar-refractivity contribution in [1.82, 2.24) is 4.98 Å². The molecular weight excluding hydrogens is 300 g/mol. The quantitative estimate of drug-likeness (QED) is 0.403. The zero-order valence-electron chi connectivity index (χ0n) is 11.9. The predicted molar refractivity (Wildman–Crippen MR) is 85.5 cm³/mol. The molecule has 0 aliphatic rings. The van der Waals surface area contributed by atoms with Crippen LogP contribution in [0.3, 0.4) is 0 Å². The smallest absolute Gasteiger partial charge is 0.271 e. The van der Waals surface area contributed by atoms with Crippen molar-refractivity contribution < 1.29 is 9.90 Å². The van der Waals surface area contributed by atoms with E-state index in [1.54, 1.807) is 24.4 Å². The van der Waals surface area contributed by atoms with Gasteiger partial charge in [0.25, 0.3) is 10.9 Å². The minimum atomic E-state index is -0.900. The fourth-order valence-corrected chi connectivity index (χ4v) is 2.40. The summed E-state index contributed by atoms with van der Waals surface area (Å²) in [6.07, 6.45) is 2.00. The Morgan fingerprint density at radius 1 is 1.30 bits per heavy atom. The number of rotatable bonds is 5. The summed E-state index contributed by atoms with van der Waals surface area (Å²) in [6.45, 7) is 0. The Bertz CT molecular complexity index is 981. The number of fused-ring (bicyclic) bond motifs is 1. The molecule has 0 saturated carbocycles. The van der Waals surface area contributed by atoms with Crippen molar-refractivity contribution in [2.75, 3.05) is 5.32 Å². The second kappa shape index (κ2) is 5.25. The average molecular weight is 314 g/mol. The van der Waals surface area contributed by atoms with Crippen LogP contribution in [0.5, 0.6) is 5.75 Å². The van der Waals surface area contributed by atoms with Crippen LogP contribution >= 0.6 is 0 Å². The minimum absolute atomic E-state index is 0.125. The van der Waals surface area contributed by atoms with Gasteiger partial charge in [-0.2, -0.15) is 0 Å². The Morgan fingerprint density at radius 2 is 2.04 bits per heavy atom. The molecule has 1 atom stereocenters. The number of aromatic hydroxyl groups is 1. The first-order valence-electron chi connectivity index (χ1n) is 6.82. The van der Waals surface area contributed by atoms with Crippen LogP contribution in [0.2, 0.25) is 0 Å². The molecule has 0 bridgehead atoms. The Kier molecular flexibility index (Phi) is 3.38. The molecule has 0 aliphatic heterocycles. The summed E-state index contributed by atoms with van der Waals surface area (Å²) in [5.41, 5.74) is 11.2. The molecule has 3 rings (SSSR count). The molecule has 2 aromatic carbocycles. The van der Waals surface area contributed by atoms with E-state index >= 15 is 0 Å². The maximum Gasteiger partial charge on any atom is 0.271 e. The van der Waals surface area contributed by atoms with E-state index in [0.29, 0.717) is 5.69 Å². The number of carbonyl (C=O) groups excluding carboxylic acids is 1. The van der Waals surface area contributed by atoms with Crippen LogP contribution in [0, 0.1) is 0 Å². The number of amides is 1. The van der Waals surface area contributed by atoms with E-state index in [-0.39, 0.29) is 12.1 Å². The van der Waals surface area contributed by atoms with E-state index in [9.17, 15) is 19.5 Å². The summed E-state index contributed by atoms with van der Waals surface area (Å²) in [6, 6.07) is 4.38. The highest BCUT2D eigenvalue weighted by Gasteiger charge is 2.20. The maximum atomic E-state index is 11.4. The third kappa shape index (κ3) is 2.44. The van der Waals surface area contributed by atoms with Crippen molar-refractivity contribution in [1.29, 1.82) is 0 Å². The highest BCUT2D eigenvalue weighted by molar-refractivity contribution is 5.89. The van der Waals surface area contributed by atoms with Gasteiger partial charge in [-0.25, -0.2) is 0 Å². The average Bonchev–Trinajstić information content (AvgIpc) is 2.93. The third-order valence-corrected chi connectivity index (χ3v) is 3.73. The molecule has 8 heteroatoms. The molecule has 1 amide bonds. The van der Waals surface area contributed by atoms with Gasteiger partial charge in [-0.15, -0.1) is 0 Å². The van der Waals surface area contributed by atoms with E-state index in [2.05, 4.69) is 10.3 Å². The Labute approximate surface area is 129 Å². The van der Waals surface area contributed by atoms with Crippen molar-refractivity contribution in [2.24, 2.45) is 11.5 Å². The number of carbonyl (C=O) groups is 1. The zero-order chi connectivity index (χ0) is 16.7. The standard InChI is InChI=1S/C15H14N4O4/c16-9(15(17)23)3-6-5-18-10-2-1-7(4-8(6)10)19-11-12(20)14(22)13(11)21/h1-2,4-5,9,18-20H,3,16H2,(H2,17,23)/t9-/m0/s1. The van der Waals surface area contributed by atoms with Gasteiger partial charge in [-0.05, 0) is 30.2 Å². The second-order valence-electron chi connectivity index (χ2n) is 5.29. The number of benzene rings is 1. The number of aromatic nitrogens is 1. The normalized spacial score (nSPS) is 12.6. The number of anilines is 2. The lowest BCUT2D eigenvalue weighted by atomic mass is 10.0. The Hall–Kier alpha value is -3.13. The first-order chi connectivity index (χ1) is 10.9. The highest BCUT2D eigenvalue weighted by Crippen LogP contribution is 2.26. The summed E-state index contributed by atoms with van der Waals surface area (Å²) in [7, 11) is 0. The van der Waals surface area contributed by atoms with Gasteiger partial charge in [0.05, 0.1) is 6.04 Å². The van der Waals surface area contributed by atoms with Gasteiger partial charge in [-0.3, -0.25) is 14.4 Å². The Morgan fingerprint density at radius 3 is 2.70 bits per heavy atom. The van der Waals surface area contributed by atoms with Crippen LogP contribution < -0.4 is 27.6 Å². The first-order valence-corrected chi connectivity index (χ1v) is 6.82. The van der Waals surface area contributed by atoms with Crippen LogP contribution in [0.4, 0.5) is 11.4 Å². The number of hydrogen-bond acceptors (Lipinski definition) is 6. The lowest BCUT2D eigenvalue weighted by molar-refractivity contribution is -0.119.